The maximum Gasteiger partial charge on any atom is 0.303 e. The number of allylic oxidation sites excluding steroid dienone is 1. The molecule has 0 heterocycles. The standard InChI is InChI=1S/C19H28INO6S/c1-28(25,26)21(12-5-3-2-4-11-19(23)24)13-7-9-17(22)15-27-18-10-6-8-16(20)14-18/h3,5-6,8,10,14,17,22H,2,4,7,9,11-13,15H2,1H3,(H,23,24). The number of benzene rings is 1. The van der Waals surface area contributed by atoms with Gasteiger partial charge in [-0.3, -0.25) is 4.79 Å². The molecule has 1 aromatic carbocycles. The summed E-state index contributed by atoms with van der Waals surface area (Å²) in [4.78, 5) is 10.4. The van der Waals surface area contributed by atoms with Crippen molar-refractivity contribution >= 4 is 38.6 Å². The van der Waals surface area contributed by atoms with E-state index in [0.29, 0.717) is 38.0 Å². The molecule has 0 saturated carbocycles. The van der Waals surface area contributed by atoms with Crippen molar-refractivity contribution in [2.45, 2.75) is 38.2 Å². The normalized spacial score (nSPS) is 13.1. The molecule has 28 heavy (non-hydrogen) atoms. The van der Waals surface area contributed by atoms with Crippen molar-refractivity contribution < 1.29 is 28.2 Å². The second-order valence-corrected chi connectivity index (χ2v) is 9.67. The second-order valence-electron chi connectivity index (χ2n) is 6.44. The molecule has 0 aliphatic heterocycles. The summed E-state index contributed by atoms with van der Waals surface area (Å²) in [6.07, 6.45) is 6.17. The molecule has 0 bridgehead atoms. The van der Waals surface area contributed by atoms with Crippen LogP contribution in [-0.2, 0) is 14.8 Å². The lowest BCUT2D eigenvalue weighted by Gasteiger charge is -2.19. The van der Waals surface area contributed by atoms with Gasteiger partial charge in [-0.15, -0.1) is 0 Å². The second kappa shape index (κ2) is 13.1. The maximum absolute atomic E-state index is 11.9. The zero-order valence-electron chi connectivity index (χ0n) is 16.0. The number of aliphatic hydroxyl groups is 1. The number of unbranched alkanes of at least 4 members (excludes halogenated alkanes) is 1. The minimum Gasteiger partial charge on any atom is -0.491 e. The van der Waals surface area contributed by atoms with E-state index in [4.69, 9.17) is 9.84 Å². The van der Waals surface area contributed by atoms with E-state index in [1.807, 2.05) is 24.3 Å². The Morgan fingerprint density at radius 1 is 1.32 bits per heavy atom. The van der Waals surface area contributed by atoms with Crippen molar-refractivity contribution in [3.8, 4) is 5.75 Å². The van der Waals surface area contributed by atoms with Crippen molar-refractivity contribution in [2.24, 2.45) is 0 Å². The Labute approximate surface area is 180 Å². The molecule has 0 aliphatic carbocycles. The fraction of sp³-hybridized carbons (Fsp3) is 0.526. The van der Waals surface area contributed by atoms with E-state index in [1.54, 1.807) is 12.2 Å². The van der Waals surface area contributed by atoms with Gasteiger partial charge in [-0.25, -0.2) is 8.42 Å². The van der Waals surface area contributed by atoms with Crippen LogP contribution < -0.4 is 4.74 Å². The highest BCUT2D eigenvalue weighted by Crippen LogP contribution is 2.15. The zero-order chi connectivity index (χ0) is 21.0. The van der Waals surface area contributed by atoms with Gasteiger partial charge in [0.25, 0.3) is 0 Å². The topological polar surface area (TPSA) is 104 Å². The van der Waals surface area contributed by atoms with Gasteiger partial charge in [-0.05, 0) is 66.5 Å². The molecule has 0 fully saturated rings. The van der Waals surface area contributed by atoms with Crippen LogP contribution in [0.25, 0.3) is 0 Å². The summed E-state index contributed by atoms with van der Waals surface area (Å²) in [5.41, 5.74) is 0. The number of carboxylic acids is 1. The molecule has 0 amide bonds. The van der Waals surface area contributed by atoms with Crippen LogP contribution in [0.5, 0.6) is 5.75 Å². The van der Waals surface area contributed by atoms with Gasteiger partial charge in [-0.2, -0.15) is 4.31 Å². The Balaban J connectivity index is 2.34. The van der Waals surface area contributed by atoms with Crippen LogP contribution in [-0.4, -0.2) is 61.0 Å². The lowest BCUT2D eigenvalue weighted by Crippen LogP contribution is -2.32. The Kier molecular flexibility index (Phi) is 11.7. The van der Waals surface area contributed by atoms with Gasteiger partial charge in [0, 0.05) is 23.1 Å². The highest BCUT2D eigenvalue weighted by atomic mass is 127. The summed E-state index contributed by atoms with van der Waals surface area (Å²) in [6.45, 7) is 0.696. The number of ether oxygens (including phenoxy) is 1. The minimum absolute atomic E-state index is 0.0994. The number of halogens is 1. The third-order valence-electron chi connectivity index (χ3n) is 3.89. The molecule has 9 heteroatoms. The van der Waals surface area contributed by atoms with Crippen molar-refractivity contribution in [3.05, 3.63) is 40.0 Å². The molecule has 1 rings (SSSR count). The van der Waals surface area contributed by atoms with Crippen LogP contribution in [0.3, 0.4) is 0 Å². The van der Waals surface area contributed by atoms with Crippen LogP contribution >= 0.6 is 22.6 Å². The number of nitrogens with zero attached hydrogens (tertiary/aromatic N) is 1. The Bertz CT molecular complexity index is 738. The number of carbonyl (C=O) groups is 1. The molecule has 158 valence electrons. The van der Waals surface area contributed by atoms with E-state index in [9.17, 15) is 18.3 Å². The largest absolute Gasteiger partial charge is 0.491 e. The van der Waals surface area contributed by atoms with Gasteiger partial charge in [-0.1, -0.05) is 18.2 Å². The van der Waals surface area contributed by atoms with E-state index in [2.05, 4.69) is 22.6 Å². The van der Waals surface area contributed by atoms with Crippen molar-refractivity contribution in [1.82, 2.24) is 4.31 Å². The molecule has 1 aromatic rings. The number of hydrogen-bond acceptors (Lipinski definition) is 5. The SMILES string of the molecule is CS(=O)(=O)N(CC=CCCCC(=O)O)CCCC(O)COc1cccc(I)c1. The summed E-state index contributed by atoms with van der Waals surface area (Å²) >= 11 is 2.18. The summed E-state index contributed by atoms with van der Waals surface area (Å²) in [5.74, 6) is -0.146. The highest BCUT2D eigenvalue weighted by molar-refractivity contribution is 14.1. The fourth-order valence-corrected chi connectivity index (χ4v) is 3.74. The van der Waals surface area contributed by atoms with Gasteiger partial charge in [0.15, 0.2) is 0 Å². The Hall–Kier alpha value is -1.17. The number of aliphatic hydroxyl groups excluding tert-OH is 1. The number of rotatable bonds is 14. The molecular formula is C19H28INO6S. The Morgan fingerprint density at radius 2 is 2.07 bits per heavy atom. The molecule has 2 N–H and O–H groups in total. The van der Waals surface area contributed by atoms with Crippen LogP contribution in [0, 0.1) is 3.57 Å². The monoisotopic (exact) mass is 525 g/mol. The first kappa shape index (κ1) is 24.9. The summed E-state index contributed by atoms with van der Waals surface area (Å²) in [6, 6.07) is 7.53. The summed E-state index contributed by atoms with van der Waals surface area (Å²) < 4.78 is 31.7. The first-order valence-electron chi connectivity index (χ1n) is 9.07. The van der Waals surface area contributed by atoms with Gasteiger partial charge in [0.05, 0.1) is 12.4 Å². The minimum atomic E-state index is -3.35. The molecule has 1 atom stereocenters. The molecule has 0 aliphatic rings. The van der Waals surface area contributed by atoms with Crippen molar-refractivity contribution in [1.29, 1.82) is 0 Å². The predicted octanol–water partition coefficient (Wildman–Crippen LogP) is 2.88. The van der Waals surface area contributed by atoms with E-state index in [-0.39, 0.29) is 19.6 Å². The summed E-state index contributed by atoms with van der Waals surface area (Å²) in [5, 5.41) is 18.6. The quantitative estimate of drug-likeness (QED) is 0.220. The van der Waals surface area contributed by atoms with E-state index in [1.165, 1.54) is 4.31 Å². The van der Waals surface area contributed by atoms with E-state index >= 15 is 0 Å². The lowest BCUT2D eigenvalue weighted by molar-refractivity contribution is -0.137. The molecule has 0 radical (unpaired) electrons. The molecule has 0 spiro atoms. The average molecular weight is 525 g/mol. The van der Waals surface area contributed by atoms with E-state index < -0.39 is 22.1 Å². The smallest absolute Gasteiger partial charge is 0.303 e. The van der Waals surface area contributed by atoms with Crippen molar-refractivity contribution in [2.75, 3.05) is 26.0 Å². The van der Waals surface area contributed by atoms with Gasteiger partial charge in [0.2, 0.25) is 10.0 Å². The number of sulfonamides is 1. The van der Waals surface area contributed by atoms with Crippen LogP contribution in [0.1, 0.15) is 32.1 Å². The number of hydrogen-bond donors (Lipinski definition) is 2. The third kappa shape index (κ3) is 11.6. The van der Waals surface area contributed by atoms with E-state index in [0.717, 1.165) is 9.83 Å². The number of aliphatic carboxylic acids is 1. The average Bonchev–Trinajstić information content (AvgIpc) is 2.60. The summed E-state index contributed by atoms with van der Waals surface area (Å²) in [7, 11) is -3.35. The first-order chi connectivity index (χ1) is 13.2. The fourth-order valence-electron chi connectivity index (χ4n) is 2.41. The molecular weight excluding hydrogens is 497 g/mol. The maximum atomic E-state index is 11.9. The van der Waals surface area contributed by atoms with Gasteiger partial charge < -0.3 is 14.9 Å². The highest BCUT2D eigenvalue weighted by Gasteiger charge is 2.15. The number of carboxylic acid groups (broad SMARTS) is 1. The van der Waals surface area contributed by atoms with Crippen molar-refractivity contribution in [3.63, 3.8) is 0 Å². The third-order valence-corrected chi connectivity index (χ3v) is 5.83. The molecule has 0 aromatic heterocycles. The van der Waals surface area contributed by atoms with Crippen LogP contribution in [0.15, 0.2) is 36.4 Å². The van der Waals surface area contributed by atoms with Gasteiger partial charge >= 0.3 is 5.97 Å². The van der Waals surface area contributed by atoms with Crippen LogP contribution in [0.4, 0.5) is 0 Å². The predicted molar refractivity (Wildman–Crippen MR) is 117 cm³/mol. The molecule has 0 saturated heterocycles. The first-order valence-corrected chi connectivity index (χ1v) is 12.0. The Morgan fingerprint density at radius 3 is 2.71 bits per heavy atom. The molecule has 1 unspecified atom stereocenters. The molecule has 7 nitrogen and oxygen atoms in total. The van der Waals surface area contributed by atoms with Crippen LogP contribution in [0.2, 0.25) is 0 Å². The lowest BCUT2D eigenvalue weighted by atomic mass is 10.2. The zero-order valence-corrected chi connectivity index (χ0v) is 18.9. The van der Waals surface area contributed by atoms with Gasteiger partial charge in [0.1, 0.15) is 12.4 Å².